The number of para-hydroxylation sites is 1. The molecule has 1 amide bonds. The number of nitrogens with zero attached hydrogens (tertiary/aromatic N) is 1. The van der Waals surface area contributed by atoms with Gasteiger partial charge in [-0.05, 0) is 6.07 Å². The lowest BCUT2D eigenvalue weighted by atomic mass is 10.2. The van der Waals surface area contributed by atoms with Crippen molar-refractivity contribution < 1.29 is 28.0 Å². The van der Waals surface area contributed by atoms with Crippen LogP contribution in [-0.4, -0.2) is 22.1 Å². The Morgan fingerprint density at radius 1 is 1.44 bits per heavy atom. The van der Waals surface area contributed by atoms with Crippen molar-refractivity contribution in [2.45, 2.75) is 12.6 Å². The molecule has 6 nitrogen and oxygen atoms in total. The van der Waals surface area contributed by atoms with Crippen molar-refractivity contribution in [2.24, 2.45) is 0 Å². The first-order valence-electron chi connectivity index (χ1n) is 4.53. The largest absolute Gasteiger partial charge is 0.505 e. The van der Waals surface area contributed by atoms with Gasteiger partial charge in [0.2, 0.25) is 5.91 Å². The molecule has 0 aliphatic rings. The molecular formula is C9H7F3N2O4. The molecule has 9 heteroatoms. The normalized spacial score (nSPS) is 11.1. The van der Waals surface area contributed by atoms with Crippen molar-refractivity contribution in [3.8, 4) is 5.75 Å². The van der Waals surface area contributed by atoms with Crippen molar-refractivity contribution in [3.63, 3.8) is 0 Å². The molecule has 0 atom stereocenters. The van der Waals surface area contributed by atoms with Gasteiger partial charge in [-0.1, -0.05) is 6.07 Å². The van der Waals surface area contributed by atoms with Gasteiger partial charge in [0.25, 0.3) is 5.69 Å². The Hall–Kier alpha value is -2.32. The van der Waals surface area contributed by atoms with E-state index in [2.05, 4.69) is 0 Å². The van der Waals surface area contributed by atoms with Crippen LogP contribution in [0.2, 0.25) is 0 Å². The third-order valence-electron chi connectivity index (χ3n) is 1.84. The Labute approximate surface area is 98.2 Å². The van der Waals surface area contributed by atoms with Crippen LogP contribution in [0.15, 0.2) is 18.2 Å². The zero-order valence-corrected chi connectivity index (χ0v) is 8.69. The van der Waals surface area contributed by atoms with E-state index in [1.165, 1.54) is 0 Å². The molecule has 1 aromatic carbocycles. The summed E-state index contributed by atoms with van der Waals surface area (Å²) in [6.45, 7) is 0. The molecule has 2 N–H and O–H groups in total. The number of anilines is 1. The fourth-order valence-corrected chi connectivity index (χ4v) is 1.17. The smallest absolute Gasteiger partial charge is 0.397 e. The molecule has 0 spiro atoms. The first kappa shape index (κ1) is 13.7. The Balaban J connectivity index is 2.97. The van der Waals surface area contributed by atoms with E-state index in [0.29, 0.717) is 0 Å². The number of hydrogen-bond acceptors (Lipinski definition) is 4. The van der Waals surface area contributed by atoms with E-state index in [-0.39, 0.29) is 0 Å². The third-order valence-corrected chi connectivity index (χ3v) is 1.84. The zero-order valence-electron chi connectivity index (χ0n) is 8.69. The van der Waals surface area contributed by atoms with Crippen LogP contribution in [-0.2, 0) is 4.79 Å². The molecule has 1 rings (SSSR count). The minimum absolute atomic E-state index is 0.656. The van der Waals surface area contributed by atoms with Crippen molar-refractivity contribution >= 4 is 17.3 Å². The van der Waals surface area contributed by atoms with Crippen LogP contribution < -0.4 is 5.32 Å². The van der Waals surface area contributed by atoms with Gasteiger partial charge < -0.3 is 10.4 Å². The molecule has 98 valence electrons. The quantitative estimate of drug-likeness (QED) is 0.497. The SMILES string of the molecule is O=C(CC(F)(F)F)Nc1c(O)cccc1[N+](=O)[O-]. The summed E-state index contributed by atoms with van der Waals surface area (Å²) < 4.78 is 35.7. The number of nitro groups is 1. The maximum absolute atomic E-state index is 11.9. The van der Waals surface area contributed by atoms with Crippen LogP contribution in [0, 0.1) is 10.1 Å². The van der Waals surface area contributed by atoms with Gasteiger partial charge >= 0.3 is 6.18 Å². The molecule has 0 saturated carbocycles. The lowest BCUT2D eigenvalue weighted by Crippen LogP contribution is -2.21. The first-order chi connectivity index (χ1) is 8.20. The van der Waals surface area contributed by atoms with Gasteiger partial charge in [0.1, 0.15) is 12.2 Å². The van der Waals surface area contributed by atoms with Gasteiger partial charge in [-0.15, -0.1) is 0 Å². The Morgan fingerprint density at radius 3 is 2.56 bits per heavy atom. The number of hydrogen-bond donors (Lipinski definition) is 2. The average Bonchev–Trinajstić information content (AvgIpc) is 2.17. The van der Waals surface area contributed by atoms with Crippen molar-refractivity contribution in [2.75, 3.05) is 5.32 Å². The number of nitrogens with one attached hydrogen (secondary N) is 1. The molecule has 0 fully saturated rings. The van der Waals surface area contributed by atoms with Crippen molar-refractivity contribution in [3.05, 3.63) is 28.3 Å². The third kappa shape index (κ3) is 3.61. The second-order valence-corrected chi connectivity index (χ2v) is 3.27. The van der Waals surface area contributed by atoms with Crippen LogP contribution in [0.4, 0.5) is 24.5 Å². The summed E-state index contributed by atoms with van der Waals surface area (Å²) in [4.78, 5) is 20.6. The number of carbonyl (C=O) groups excluding carboxylic acids is 1. The van der Waals surface area contributed by atoms with E-state index < -0.39 is 40.6 Å². The number of nitro benzene ring substituents is 1. The van der Waals surface area contributed by atoms with Gasteiger partial charge in [-0.2, -0.15) is 13.2 Å². The highest BCUT2D eigenvalue weighted by atomic mass is 19.4. The van der Waals surface area contributed by atoms with Crippen molar-refractivity contribution in [1.82, 2.24) is 0 Å². The minimum atomic E-state index is -4.73. The fraction of sp³-hybridized carbons (Fsp3) is 0.222. The first-order valence-corrected chi connectivity index (χ1v) is 4.53. The van der Waals surface area contributed by atoms with Crippen LogP contribution in [0.1, 0.15) is 6.42 Å². The van der Waals surface area contributed by atoms with Gasteiger partial charge in [0.05, 0.1) is 4.92 Å². The molecule has 0 radical (unpaired) electrons. The number of carbonyl (C=O) groups is 1. The second kappa shape index (κ2) is 4.90. The van der Waals surface area contributed by atoms with Crippen LogP contribution >= 0.6 is 0 Å². The predicted octanol–water partition coefficient (Wildman–Crippen LogP) is 2.19. The minimum Gasteiger partial charge on any atom is -0.505 e. The Kier molecular flexibility index (Phi) is 3.74. The lowest BCUT2D eigenvalue weighted by Gasteiger charge is -2.09. The van der Waals surface area contributed by atoms with E-state index >= 15 is 0 Å². The molecule has 0 unspecified atom stereocenters. The number of phenolic OH excluding ortho intramolecular Hbond substituents is 1. The van der Waals surface area contributed by atoms with E-state index in [1.54, 1.807) is 5.32 Å². The summed E-state index contributed by atoms with van der Waals surface area (Å²) in [5.74, 6) is -2.17. The summed E-state index contributed by atoms with van der Waals surface area (Å²) in [5.41, 5.74) is -1.35. The molecule has 18 heavy (non-hydrogen) atoms. The summed E-state index contributed by atoms with van der Waals surface area (Å²) in [5, 5.41) is 21.5. The van der Waals surface area contributed by atoms with Crippen LogP contribution in [0.5, 0.6) is 5.75 Å². The topological polar surface area (TPSA) is 92.5 Å². The number of alkyl halides is 3. The van der Waals surface area contributed by atoms with Crippen molar-refractivity contribution in [1.29, 1.82) is 0 Å². The monoisotopic (exact) mass is 264 g/mol. The predicted molar refractivity (Wildman–Crippen MR) is 54.1 cm³/mol. The maximum Gasteiger partial charge on any atom is 0.397 e. The van der Waals surface area contributed by atoms with Crippen LogP contribution in [0.3, 0.4) is 0 Å². The molecule has 1 aromatic rings. The number of phenols is 1. The highest BCUT2D eigenvalue weighted by molar-refractivity contribution is 5.95. The Morgan fingerprint density at radius 2 is 2.06 bits per heavy atom. The standard InChI is InChI=1S/C9H7F3N2O4/c10-9(11,12)4-7(16)13-8-5(14(17)18)2-1-3-6(8)15/h1-3,15H,4H2,(H,13,16). The molecule has 0 heterocycles. The molecule has 0 aromatic heterocycles. The second-order valence-electron chi connectivity index (χ2n) is 3.27. The van der Waals surface area contributed by atoms with Gasteiger partial charge in [-0.3, -0.25) is 14.9 Å². The number of amides is 1. The Bertz CT molecular complexity index is 487. The summed E-state index contributed by atoms with van der Waals surface area (Å²) >= 11 is 0. The van der Waals surface area contributed by atoms with Gasteiger partial charge in [0.15, 0.2) is 5.69 Å². The number of benzene rings is 1. The average molecular weight is 264 g/mol. The van der Waals surface area contributed by atoms with Gasteiger partial charge in [0, 0.05) is 6.07 Å². The van der Waals surface area contributed by atoms with E-state index in [9.17, 15) is 33.2 Å². The van der Waals surface area contributed by atoms with E-state index in [4.69, 9.17) is 0 Å². The molecule has 0 aliphatic carbocycles. The molecule has 0 bridgehead atoms. The van der Waals surface area contributed by atoms with Gasteiger partial charge in [-0.25, -0.2) is 0 Å². The fourth-order valence-electron chi connectivity index (χ4n) is 1.17. The highest BCUT2D eigenvalue weighted by Crippen LogP contribution is 2.33. The van der Waals surface area contributed by atoms with E-state index in [1.807, 2.05) is 0 Å². The summed E-state index contributed by atoms with van der Waals surface area (Å²) in [6, 6.07) is 3.09. The summed E-state index contributed by atoms with van der Waals surface area (Å²) in [7, 11) is 0. The van der Waals surface area contributed by atoms with E-state index in [0.717, 1.165) is 18.2 Å². The number of rotatable bonds is 3. The number of halogens is 3. The van der Waals surface area contributed by atoms with Crippen LogP contribution in [0.25, 0.3) is 0 Å². The molecule has 0 saturated heterocycles. The number of aromatic hydroxyl groups is 1. The summed E-state index contributed by atoms with van der Waals surface area (Å²) in [6.07, 6.45) is -6.53. The lowest BCUT2D eigenvalue weighted by molar-refractivity contribution is -0.384. The molecule has 0 aliphatic heterocycles. The molecular weight excluding hydrogens is 257 g/mol. The maximum atomic E-state index is 11.9. The zero-order chi connectivity index (χ0) is 13.9. The highest BCUT2D eigenvalue weighted by Gasteiger charge is 2.32.